The smallest absolute Gasteiger partial charge is 0.0389 e. The van der Waals surface area contributed by atoms with E-state index in [0.717, 1.165) is 18.7 Å². The zero-order valence-electron chi connectivity index (χ0n) is 12.4. The maximum absolute atomic E-state index is 4.16. The Morgan fingerprint density at radius 3 is 1.60 bits per heavy atom. The summed E-state index contributed by atoms with van der Waals surface area (Å²) < 4.78 is 0. The van der Waals surface area contributed by atoms with Crippen LogP contribution in [0.4, 0.5) is 0 Å². The van der Waals surface area contributed by atoms with Crippen molar-refractivity contribution in [1.29, 1.82) is 0 Å². The molecule has 0 N–H and O–H groups in total. The van der Waals surface area contributed by atoms with Gasteiger partial charge in [-0.1, -0.05) is 61.5 Å². The second-order valence-electron chi connectivity index (χ2n) is 2.43. The van der Waals surface area contributed by atoms with Crippen LogP contribution in [0.15, 0.2) is 17.6 Å². The molecule has 0 unspecified atom stereocenters. The largest absolute Gasteiger partial charge is 0.290 e. The molecule has 0 spiro atoms. The summed E-state index contributed by atoms with van der Waals surface area (Å²) in [7, 11) is 0. The molecule has 0 radical (unpaired) electrons. The SMILES string of the molecule is C=CC(C)=NCCC.CC.CC.CCC. The minimum absolute atomic E-state index is 0.928. The second-order valence-corrected chi connectivity index (χ2v) is 2.43. The summed E-state index contributed by atoms with van der Waals surface area (Å²) in [5.74, 6) is 0. The summed E-state index contributed by atoms with van der Waals surface area (Å²) in [4.78, 5) is 4.16. The first-order valence-corrected chi connectivity index (χ1v) is 6.36. The summed E-state index contributed by atoms with van der Waals surface area (Å²) in [5, 5.41) is 0. The minimum atomic E-state index is 0.928. The molecule has 94 valence electrons. The van der Waals surface area contributed by atoms with Gasteiger partial charge in [-0.3, -0.25) is 4.99 Å². The minimum Gasteiger partial charge on any atom is -0.290 e. The van der Waals surface area contributed by atoms with Crippen molar-refractivity contribution < 1.29 is 0 Å². The lowest BCUT2D eigenvalue weighted by Crippen LogP contribution is -1.85. The van der Waals surface area contributed by atoms with E-state index in [1.807, 2.05) is 34.6 Å². The molecule has 0 aromatic heterocycles. The van der Waals surface area contributed by atoms with Crippen LogP contribution in [-0.4, -0.2) is 12.3 Å². The average molecular weight is 215 g/mol. The summed E-state index contributed by atoms with van der Waals surface area (Å²) in [6.07, 6.45) is 4.14. The second kappa shape index (κ2) is 37.6. The Morgan fingerprint density at radius 2 is 1.40 bits per heavy atom. The van der Waals surface area contributed by atoms with Gasteiger partial charge in [-0.15, -0.1) is 0 Å². The van der Waals surface area contributed by atoms with E-state index in [9.17, 15) is 0 Å². The van der Waals surface area contributed by atoms with Crippen LogP contribution in [-0.2, 0) is 0 Å². The number of rotatable bonds is 3. The van der Waals surface area contributed by atoms with E-state index in [1.165, 1.54) is 6.42 Å². The molecule has 0 saturated carbocycles. The van der Waals surface area contributed by atoms with Crippen LogP contribution < -0.4 is 0 Å². The summed E-state index contributed by atoms with van der Waals surface area (Å²) in [5.41, 5.74) is 1.03. The number of nitrogens with zero attached hydrogens (tertiary/aromatic N) is 1. The van der Waals surface area contributed by atoms with E-state index < -0.39 is 0 Å². The maximum atomic E-state index is 4.16. The zero-order chi connectivity index (χ0) is 13.1. The van der Waals surface area contributed by atoms with Gasteiger partial charge in [0.15, 0.2) is 0 Å². The zero-order valence-corrected chi connectivity index (χ0v) is 12.4. The van der Waals surface area contributed by atoms with E-state index in [1.54, 1.807) is 6.08 Å². The average Bonchev–Trinajstić information content (AvgIpc) is 2.32. The Balaban J connectivity index is -0.0000000726. The third kappa shape index (κ3) is 59.6. The first-order chi connectivity index (χ1) is 7.22. The summed E-state index contributed by atoms with van der Waals surface area (Å²) >= 11 is 0. The van der Waals surface area contributed by atoms with E-state index in [0.29, 0.717) is 0 Å². The molecule has 1 heteroatoms. The molecule has 0 aliphatic carbocycles. The van der Waals surface area contributed by atoms with Gasteiger partial charge in [0.25, 0.3) is 0 Å². The van der Waals surface area contributed by atoms with Gasteiger partial charge in [0.1, 0.15) is 0 Å². The van der Waals surface area contributed by atoms with Crippen LogP contribution in [0.25, 0.3) is 0 Å². The van der Waals surface area contributed by atoms with Crippen LogP contribution in [0.5, 0.6) is 0 Å². The highest BCUT2D eigenvalue weighted by atomic mass is 14.7. The van der Waals surface area contributed by atoms with Gasteiger partial charge < -0.3 is 0 Å². The highest BCUT2D eigenvalue weighted by Gasteiger charge is 1.76. The Bertz CT molecular complexity index is 104. The Kier molecular flexibility index (Phi) is 60.0. The predicted molar refractivity (Wildman–Crippen MR) is 77.1 cm³/mol. The van der Waals surface area contributed by atoms with Crippen molar-refractivity contribution in [3.05, 3.63) is 12.7 Å². The van der Waals surface area contributed by atoms with Gasteiger partial charge in [0.05, 0.1) is 0 Å². The number of hydrogen-bond donors (Lipinski definition) is 0. The van der Waals surface area contributed by atoms with Gasteiger partial charge in [-0.2, -0.15) is 0 Å². The third-order valence-electron chi connectivity index (χ3n) is 0.880. The van der Waals surface area contributed by atoms with Gasteiger partial charge in [-0.25, -0.2) is 0 Å². The molecule has 0 amide bonds. The molecular formula is C14H33N. The van der Waals surface area contributed by atoms with E-state index in [-0.39, 0.29) is 0 Å². The molecule has 0 fully saturated rings. The lowest BCUT2D eigenvalue weighted by atomic mass is 10.4. The van der Waals surface area contributed by atoms with Gasteiger partial charge in [0, 0.05) is 12.3 Å². The molecule has 0 aromatic carbocycles. The van der Waals surface area contributed by atoms with Gasteiger partial charge >= 0.3 is 0 Å². The monoisotopic (exact) mass is 215 g/mol. The molecule has 0 rings (SSSR count). The molecule has 0 atom stereocenters. The fraction of sp³-hybridized carbons (Fsp3) is 0.786. The summed E-state index contributed by atoms with van der Waals surface area (Å²) in [6.45, 7) is 20.8. The van der Waals surface area contributed by atoms with Crippen molar-refractivity contribution in [2.45, 2.75) is 68.2 Å². The lowest BCUT2D eigenvalue weighted by Gasteiger charge is -1.87. The molecule has 0 saturated heterocycles. The number of hydrogen-bond acceptors (Lipinski definition) is 1. The first-order valence-electron chi connectivity index (χ1n) is 6.36. The topological polar surface area (TPSA) is 12.4 Å². The fourth-order valence-corrected chi connectivity index (χ4v) is 0.353. The number of aliphatic imine (C=N–C) groups is 1. The standard InChI is InChI=1S/C7H13N.C3H8.2C2H6/c1-4-6-8-7(3)5-2;1-3-2;2*1-2/h5H,2,4,6H2,1,3H3;3H2,1-2H3;2*1-2H3. The Hall–Kier alpha value is -0.590. The predicted octanol–water partition coefficient (Wildman–Crippen LogP) is 5.51. The van der Waals surface area contributed by atoms with Crippen LogP contribution in [0, 0.1) is 0 Å². The lowest BCUT2D eigenvalue weighted by molar-refractivity contribution is 0.932. The molecule has 0 aliphatic heterocycles. The maximum Gasteiger partial charge on any atom is 0.0389 e. The highest BCUT2D eigenvalue weighted by molar-refractivity contribution is 5.92. The first kappa shape index (κ1) is 23.9. The molecule has 1 nitrogen and oxygen atoms in total. The van der Waals surface area contributed by atoms with Crippen molar-refractivity contribution in [1.82, 2.24) is 0 Å². The van der Waals surface area contributed by atoms with Crippen molar-refractivity contribution >= 4 is 5.71 Å². The normalized spacial score (nSPS) is 8.13. The fourth-order valence-electron chi connectivity index (χ4n) is 0.353. The van der Waals surface area contributed by atoms with Crippen molar-refractivity contribution in [3.8, 4) is 0 Å². The molecule has 0 aliphatic rings. The quantitative estimate of drug-likeness (QED) is 0.550. The van der Waals surface area contributed by atoms with Crippen LogP contribution in [0.2, 0.25) is 0 Å². The van der Waals surface area contributed by atoms with Gasteiger partial charge in [0.2, 0.25) is 0 Å². The molecule has 0 bridgehead atoms. The van der Waals surface area contributed by atoms with Crippen molar-refractivity contribution in [2.75, 3.05) is 6.54 Å². The molecule has 15 heavy (non-hydrogen) atoms. The third-order valence-corrected chi connectivity index (χ3v) is 0.880. The van der Waals surface area contributed by atoms with Crippen LogP contribution in [0.1, 0.15) is 68.2 Å². The summed E-state index contributed by atoms with van der Waals surface area (Å²) in [6, 6.07) is 0. The Morgan fingerprint density at radius 1 is 1.07 bits per heavy atom. The Labute approximate surface area is 98.7 Å². The van der Waals surface area contributed by atoms with E-state index in [4.69, 9.17) is 0 Å². The van der Waals surface area contributed by atoms with Gasteiger partial charge in [-0.05, 0) is 19.4 Å². The van der Waals surface area contributed by atoms with Crippen molar-refractivity contribution in [3.63, 3.8) is 0 Å². The molecule has 0 aromatic rings. The van der Waals surface area contributed by atoms with Crippen LogP contribution >= 0.6 is 0 Å². The highest BCUT2D eigenvalue weighted by Crippen LogP contribution is 1.81. The van der Waals surface area contributed by atoms with Crippen LogP contribution in [0.3, 0.4) is 0 Å². The van der Waals surface area contributed by atoms with Crippen molar-refractivity contribution in [2.24, 2.45) is 4.99 Å². The molecule has 0 heterocycles. The van der Waals surface area contributed by atoms with E-state index in [2.05, 4.69) is 32.3 Å². The molecular weight excluding hydrogens is 182 g/mol. The van der Waals surface area contributed by atoms with E-state index >= 15 is 0 Å². The number of allylic oxidation sites excluding steroid dienone is 1.